The summed E-state index contributed by atoms with van der Waals surface area (Å²) < 4.78 is 53.1. The Labute approximate surface area is 303 Å². The first-order valence-electron chi connectivity index (χ1n) is 17.6. The van der Waals surface area contributed by atoms with Gasteiger partial charge in [0, 0.05) is 31.6 Å². The Balaban J connectivity index is 1.38. The van der Waals surface area contributed by atoms with Crippen LogP contribution < -0.4 is 15.4 Å². The van der Waals surface area contributed by atoms with Gasteiger partial charge in [0.2, 0.25) is 21.8 Å². The third-order valence-electron chi connectivity index (χ3n) is 9.77. The van der Waals surface area contributed by atoms with Gasteiger partial charge >= 0.3 is 12.2 Å². The summed E-state index contributed by atoms with van der Waals surface area (Å²) in [6.07, 6.45) is 0.393. The second-order valence-corrected chi connectivity index (χ2v) is 17.1. The molecule has 3 fully saturated rings. The molecule has 0 aromatic heterocycles. The fourth-order valence-corrected chi connectivity index (χ4v) is 8.20. The number of ether oxygens (including phenoxy) is 2. The zero-order valence-corrected chi connectivity index (χ0v) is 31.1. The first-order valence-corrected chi connectivity index (χ1v) is 19.1. The van der Waals surface area contributed by atoms with Crippen LogP contribution in [0.3, 0.4) is 0 Å². The average Bonchev–Trinajstić information content (AvgIpc) is 3.94. The molecule has 0 radical (unpaired) electrons. The maximum Gasteiger partial charge on any atom is 0.410 e. The lowest BCUT2D eigenvalue weighted by Crippen LogP contribution is -2.59. The van der Waals surface area contributed by atoms with Gasteiger partial charge in [-0.3, -0.25) is 24.0 Å². The maximum absolute atomic E-state index is 14.4. The highest BCUT2D eigenvalue weighted by atomic mass is 32.2. The smallest absolute Gasteiger partial charge is 0.410 e. The van der Waals surface area contributed by atoms with E-state index in [4.69, 9.17) is 9.47 Å². The van der Waals surface area contributed by atoms with E-state index >= 15 is 0 Å². The van der Waals surface area contributed by atoms with Crippen LogP contribution in [0.1, 0.15) is 70.9 Å². The summed E-state index contributed by atoms with van der Waals surface area (Å²) >= 11 is 0. The van der Waals surface area contributed by atoms with Crippen LogP contribution in [0.2, 0.25) is 0 Å². The topological polar surface area (TPSA) is 184 Å². The predicted molar refractivity (Wildman–Crippen MR) is 186 cm³/mol. The molecule has 286 valence electrons. The highest BCUT2D eigenvalue weighted by Crippen LogP contribution is 2.47. The van der Waals surface area contributed by atoms with Crippen LogP contribution in [-0.2, 0) is 47.0 Å². The number of fused-ring (bicyclic) bond motifs is 1. The molecule has 3 N–H and O–H groups in total. The Hall–Kier alpha value is -4.25. The van der Waals surface area contributed by atoms with Crippen molar-refractivity contribution in [2.75, 3.05) is 26.7 Å². The van der Waals surface area contributed by atoms with Gasteiger partial charge in [0.15, 0.2) is 0 Å². The predicted octanol–water partition coefficient (Wildman–Crippen LogP) is 2.15. The number of carbonyl (C=O) groups excluding carboxylic acids is 5. The Morgan fingerprint density at radius 1 is 1.17 bits per heavy atom. The van der Waals surface area contributed by atoms with Crippen molar-refractivity contribution in [2.45, 2.75) is 107 Å². The third-order valence-corrected chi connectivity index (χ3v) is 11.6. The molecule has 1 saturated heterocycles. The van der Waals surface area contributed by atoms with Crippen molar-refractivity contribution in [1.82, 2.24) is 30.1 Å². The molecular formula is C35H49FN6O9S. The van der Waals surface area contributed by atoms with Gasteiger partial charge in [-0.2, -0.15) is 0 Å². The molecule has 1 aromatic rings. The summed E-state index contributed by atoms with van der Waals surface area (Å²) in [5.41, 5.74) is -1.37. The van der Waals surface area contributed by atoms with Crippen molar-refractivity contribution >= 4 is 39.9 Å². The molecular weight excluding hydrogens is 699 g/mol. The summed E-state index contributed by atoms with van der Waals surface area (Å²) in [5, 5.41) is 4.71. The van der Waals surface area contributed by atoms with Gasteiger partial charge < -0.3 is 29.9 Å². The molecule has 4 aliphatic rings. The van der Waals surface area contributed by atoms with Gasteiger partial charge in [0.1, 0.15) is 35.1 Å². The molecule has 5 amide bonds. The molecule has 1 aromatic carbocycles. The van der Waals surface area contributed by atoms with Crippen LogP contribution in [0.15, 0.2) is 30.9 Å². The molecule has 1 unspecified atom stereocenters. The van der Waals surface area contributed by atoms with E-state index in [0.29, 0.717) is 36.9 Å². The largest absolute Gasteiger partial charge is 0.444 e. The zero-order chi connectivity index (χ0) is 38.2. The number of hydrogen-bond acceptors (Lipinski definition) is 10. The number of halogens is 1. The number of likely N-dealkylation sites (N-methyl/N-ethyl adjacent to an activating group) is 1. The minimum atomic E-state index is -3.91. The number of hydrogen-bond donors (Lipinski definition) is 3. The summed E-state index contributed by atoms with van der Waals surface area (Å²) in [6.45, 7) is 10.8. The molecule has 15 nitrogen and oxygen atoms in total. The van der Waals surface area contributed by atoms with Gasteiger partial charge in [-0.25, -0.2) is 22.4 Å². The molecule has 5 rings (SSSR count). The van der Waals surface area contributed by atoms with E-state index in [2.05, 4.69) is 21.9 Å². The fourth-order valence-electron chi connectivity index (χ4n) is 6.84. The highest BCUT2D eigenvalue weighted by Gasteiger charge is 2.62. The number of likely N-dealkylation sites (tertiary alicyclic amines) is 1. The number of carbonyl (C=O) groups is 5. The average molecular weight is 749 g/mol. The second kappa shape index (κ2) is 15.0. The van der Waals surface area contributed by atoms with Gasteiger partial charge in [-0.1, -0.05) is 31.6 Å². The molecule has 2 aliphatic carbocycles. The number of alkyl carbamates (subject to hydrolysis) is 1. The lowest BCUT2D eigenvalue weighted by Gasteiger charge is -2.31. The summed E-state index contributed by atoms with van der Waals surface area (Å²) in [5.74, 6) is -3.05. The van der Waals surface area contributed by atoms with E-state index in [-0.39, 0.29) is 44.9 Å². The maximum atomic E-state index is 14.4. The van der Waals surface area contributed by atoms with Crippen molar-refractivity contribution < 1.29 is 46.3 Å². The zero-order valence-electron chi connectivity index (χ0n) is 30.3. The quantitative estimate of drug-likeness (QED) is 0.253. The first kappa shape index (κ1) is 39.0. The van der Waals surface area contributed by atoms with Crippen LogP contribution in [-0.4, -0.2) is 114 Å². The van der Waals surface area contributed by atoms with Crippen LogP contribution in [0.4, 0.5) is 14.0 Å². The second-order valence-electron chi connectivity index (χ2n) is 15.1. The molecule has 2 aliphatic heterocycles. The van der Waals surface area contributed by atoms with Crippen LogP contribution >= 0.6 is 0 Å². The van der Waals surface area contributed by atoms with Crippen LogP contribution in [0.25, 0.3) is 0 Å². The van der Waals surface area contributed by atoms with Crippen LogP contribution in [0, 0.1) is 11.7 Å². The minimum Gasteiger partial charge on any atom is -0.444 e. The summed E-state index contributed by atoms with van der Waals surface area (Å²) in [6, 6.07) is 2.09. The van der Waals surface area contributed by atoms with Gasteiger partial charge in [-0.15, -0.1) is 6.58 Å². The Morgan fingerprint density at radius 3 is 2.48 bits per heavy atom. The van der Waals surface area contributed by atoms with Crippen molar-refractivity contribution in [3.05, 3.63) is 47.8 Å². The van der Waals surface area contributed by atoms with E-state index in [9.17, 15) is 36.8 Å². The molecule has 2 heterocycles. The first-order chi connectivity index (χ1) is 24.4. The molecule has 0 bridgehead atoms. The Kier molecular flexibility index (Phi) is 11.2. The molecule has 17 heteroatoms. The monoisotopic (exact) mass is 748 g/mol. The highest BCUT2D eigenvalue weighted by molar-refractivity contribution is 7.91. The van der Waals surface area contributed by atoms with E-state index in [1.807, 2.05) is 6.92 Å². The summed E-state index contributed by atoms with van der Waals surface area (Å²) in [7, 11) is -2.20. The normalized spacial score (nSPS) is 24.5. The van der Waals surface area contributed by atoms with E-state index in [0.717, 1.165) is 0 Å². The molecule has 52 heavy (non-hydrogen) atoms. The number of nitrogens with zero attached hydrogens (tertiary/aromatic N) is 3. The van der Waals surface area contributed by atoms with Crippen molar-refractivity contribution in [3.63, 3.8) is 0 Å². The number of nitrogens with one attached hydrogen (secondary N) is 3. The Bertz CT molecular complexity index is 1710. The van der Waals surface area contributed by atoms with E-state index in [1.54, 1.807) is 50.9 Å². The lowest BCUT2D eigenvalue weighted by molar-refractivity contribution is -0.141. The lowest BCUT2D eigenvalue weighted by atomic mass is 10.1. The van der Waals surface area contributed by atoms with Gasteiger partial charge in [-0.05, 0) is 64.6 Å². The standard InChI is InChI=1S/C35H49FN6O9S/c1-7-14-40(6)20-27(37-32(46)51-34(3,4)5)30(44)42-18-23(50-33(47)41-17-21-10-9-11-26(36)25(21)19-41)15-28(42)29(43)38-35(16-22(35)8-2)31(45)39-52(48,49)24-12-13-24/h7,9-11,22-24,27-28H,1,8,12-20H2,2-6H3,(H,37,46)(H,38,43)(H,39,45)/t22-,23-,27+,28?,35-/m1/s1. The SMILES string of the molecule is C=CCN(C)C[C@H](NC(=O)OC(C)(C)C)C(=O)N1C[C@H](OC(=O)N2Cc3cccc(F)c3C2)CC1C(=O)N[C@]1(C(=O)NS(=O)(=O)C2CC2)C[C@H]1CC. The van der Waals surface area contributed by atoms with Gasteiger partial charge in [0.05, 0.1) is 18.3 Å². The summed E-state index contributed by atoms with van der Waals surface area (Å²) in [4.78, 5) is 72.5. The van der Waals surface area contributed by atoms with Crippen molar-refractivity contribution in [1.29, 1.82) is 0 Å². The van der Waals surface area contributed by atoms with Crippen LogP contribution in [0.5, 0.6) is 0 Å². The molecule has 0 spiro atoms. The fraction of sp³-hybridized carbons (Fsp3) is 0.629. The number of rotatable bonds is 13. The van der Waals surface area contributed by atoms with E-state index < -0.39 is 80.3 Å². The van der Waals surface area contributed by atoms with E-state index in [1.165, 1.54) is 15.9 Å². The molecule has 5 atom stereocenters. The van der Waals surface area contributed by atoms with Crippen molar-refractivity contribution in [3.8, 4) is 0 Å². The number of sulfonamides is 1. The van der Waals surface area contributed by atoms with Gasteiger partial charge in [0.25, 0.3) is 5.91 Å². The third kappa shape index (κ3) is 8.85. The van der Waals surface area contributed by atoms with Crippen molar-refractivity contribution in [2.24, 2.45) is 5.92 Å². The Morgan fingerprint density at radius 2 is 1.88 bits per heavy atom. The number of amides is 5. The molecule has 2 saturated carbocycles. The minimum absolute atomic E-state index is 0.000266. The number of benzene rings is 1.